The molecule has 1 N–H and O–H groups in total. The van der Waals surface area contributed by atoms with Crippen LogP contribution in [0.5, 0.6) is 11.5 Å². The Balaban J connectivity index is 1.54. The van der Waals surface area contributed by atoms with E-state index in [2.05, 4.69) is 15.5 Å². The lowest BCUT2D eigenvalue weighted by Gasteiger charge is -2.11. The molecule has 3 rings (SSSR count). The molecule has 1 aromatic heterocycles. The van der Waals surface area contributed by atoms with E-state index in [0.717, 1.165) is 22.7 Å². The fourth-order valence-corrected chi connectivity index (χ4v) is 3.10. The molecule has 0 saturated heterocycles. The number of anilines is 1. The van der Waals surface area contributed by atoms with E-state index >= 15 is 0 Å². The fraction of sp³-hybridized carbons (Fsp3) is 0.250. The van der Waals surface area contributed by atoms with E-state index in [4.69, 9.17) is 14.0 Å². The number of carbonyl (C=O) groups excluding carboxylic acids is 1. The third-order valence-corrected chi connectivity index (χ3v) is 5.11. The Morgan fingerprint density at radius 3 is 2.61 bits per heavy atom. The molecule has 3 aromatic rings. The normalized spacial score (nSPS) is 11.7. The Morgan fingerprint density at radius 2 is 1.89 bits per heavy atom. The minimum absolute atomic E-state index is 0.0947. The van der Waals surface area contributed by atoms with Crippen LogP contribution in [-0.2, 0) is 10.5 Å². The first-order valence-corrected chi connectivity index (χ1v) is 9.67. The quantitative estimate of drug-likeness (QED) is 0.612. The van der Waals surface area contributed by atoms with Crippen LogP contribution in [0.3, 0.4) is 0 Å². The van der Waals surface area contributed by atoms with Crippen LogP contribution < -0.4 is 14.8 Å². The Hall–Kier alpha value is -3.00. The minimum atomic E-state index is -0.283. The van der Waals surface area contributed by atoms with Crippen molar-refractivity contribution in [2.45, 2.75) is 17.9 Å². The monoisotopic (exact) mass is 399 g/mol. The van der Waals surface area contributed by atoms with Gasteiger partial charge in [-0.05, 0) is 43.3 Å². The predicted octanol–water partition coefficient (Wildman–Crippen LogP) is 4.01. The van der Waals surface area contributed by atoms with Crippen molar-refractivity contribution in [3.63, 3.8) is 0 Å². The molecule has 1 amide bonds. The number of nitrogens with one attached hydrogen (secondary N) is 1. The largest absolute Gasteiger partial charge is 0.497 e. The molecule has 1 heterocycles. The van der Waals surface area contributed by atoms with Crippen molar-refractivity contribution in [3.8, 4) is 22.9 Å². The van der Waals surface area contributed by atoms with Gasteiger partial charge in [0.15, 0.2) is 0 Å². The van der Waals surface area contributed by atoms with Crippen LogP contribution in [0.2, 0.25) is 0 Å². The van der Waals surface area contributed by atoms with Crippen LogP contribution in [0.15, 0.2) is 53.1 Å². The number of carbonyl (C=O) groups is 1. The number of hydrogen-bond donors (Lipinski definition) is 1. The van der Waals surface area contributed by atoms with Crippen molar-refractivity contribution in [2.24, 2.45) is 0 Å². The van der Waals surface area contributed by atoms with E-state index in [1.54, 1.807) is 38.5 Å². The first-order chi connectivity index (χ1) is 13.6. The minimum Gasteiger partial charge on any atom is -0.497 e. The van der Waals surface area contributed by atoms with Crippen LogP contribution in [0.1, 0.15) is 12.8 Å². The van der Waals surface area contributed by atoms with Crippen LogP contribution >= 0.6 is 11.8 Å². The van der Waals surface area contributed by atoms with Gasteiger partial charge in [-0.2, -0.15) is 4.98 Å². The van der Waals surface area contributed by atoms with E-state index < -0.39 is 0 Å². The number of aromatic nitrogens is 2. The number of thioether (sulfide) groups is 1. The first kappa shape index (κ1) is 19.8. The van der Waals surface area contributed by atoms with Gasteiger partial charge in [0.25, 0.3) is 0 Å². The molecule has 2 aromatic carbocycles. The van der Waals surface area contributed by atoms with Gasteiger partial charge in [-0.1, -0.05) is 17.3 Å². The summed E-state index contributed by atoms with van der Waals surface area (Å²) in [6.07, 6.45) is 0. The summed E-state index contributed by atoms with van der Waals surface area (Å²) in [5.41, 5.74) is 1.53. The molecular formula is C20H21N3O4S. The zero-order valence-electron chi connectivity index (χ0n) is 15.8. The maximum absolute atomic E-state index is 12.3. The second-order valence-corrected chi connectivity index (χ2v) is 7.24. The van der Waals surface area contributed by atoms with Crippen LogP contribution in [0, 0.1) is 0 Å². The van der Waals surface area contributed by atoms with Crippen LogP contribution in [0.4, 0.5) is 5.69 Å². The average Bonchev–Trinajstić information content (AvgIpc) is 3.21. The van der Waals surface area contributed by atoms with Crippen molar-refractivity contribution in [1.29, 1.82) is 0 Å². The molecule has 0 saturated carbocycles. The SMILES string of the molecule is COc1ccc(NC(=O)C(C)SCc2nc(-c3cccc(OC)c3)no2)cc1. The molecule has 0 aliphatic heterocycles. The summed E-state index contributed by atoms with van der Waals surface area (Å²) >= 11 is 1.42. The van der Waals surface area contributed by atoms with Gasteiger partial charge < -0.3 is 19.3 Å². The highest BCUT2D eigenvalue weighted by Crippen LogP contribution is 2.24. The molecule has 8 heteroatoms. The number of hydrogen-bond acceptors (Lipinski definition) is 7. The molecule has 146 valence electrons. The highest BCUT2D eigenvalue weighted by Gasteiger charge is 2.16. The van der Waals surface area contributed by atoms with Gasteiger partial charge in [-0.25, -0.2) is 0 Å². The number of amides is 1. The van der Waals surface area contributed by atoms with E-state index in [0.29, 0.717) is 17.5 Å². The molecule has 1 unspecified atom stereocenters. The highest BCUT2D eigenvalue weighted by atomic mass is 32.2. The van der Waals surface area contributed by atoms with Crippen LogP contribution in [0.25, 0.3) is 11.4 Å². The smallest absolute Gasteiger partial charge is 0.237 e. The maximum Gasteiger partial charge on any atom is 0.237 e. The van der Waals surface area contributed by atoms with E-state index in [1.807, 2.05) is 31.2 Å². The Morgan fingerprint density at radius 1 is 1.14 bits per heavy atom. The van der Waals surface area contributed by atoms with Gasteiger partial charge in [0.2, 0.25) is 17.6 Å². The predicted molar refractivity (Wildman–Crippen MR) is 109 cm³/mol. The van der Waals surface area contributed by atoms with E-state index in [9.17, 15) is 4.79 Å². The van der Waals surface area contributed by atoms with Gasteiger partial charge in [0, 0.05) is 11.3 Å². The highest BCUT2D eigenvalue weighted by molar-refractivity contribution is 7.99. The first-order valence-electron chi connectivity index (χ1n) is 8.62. The Bertz CT molecular complexity index is 927. The topological polar surface area (TPSA) is 86.5 Å². The average molecular weight is 399 g/mol. The lowest BCUT2D eigenvalue weighted by molar-refractivity contribution is -0.115. The number of rotatable bonds is 8. The lowest BCUT2D eigenvalue weighted by atomic mass is 10.2. The van der Waals surface area contributed by atoms with Crippen molar-refractivity contribution < 1.29 is 18.8 Å². The van der Waals surface area contributed by atoms with Gasteiger partial charge >= 0.3 is 0 Å². The summed E-state index contributed by atoms with van der Waals surface area (Å²) in [7, 11) is 3.21. The van der Waals surface area contributed by atoms with Crippen molar-refractivity contribution in [3.05, 3.63) is 54.4 Å². The number of nitrogens with zero attached hydrogens (tertiary/aromatic N) is 2. The number of methoxy groups -OCH3 is 2. The fourth-order valence-electron chi connectivity index (χ4n) is 2.38. The molecule has 0 fully saturated rings. The zero-order chi connectivity index (χ0) is 19.9. The summed E-state index contributed by atoms with van der Waals surface area (Å²) in [6.45, 7) is 1.84. The van der Waals surface area contributed by atoms with Crippen molar-refractivity contribution >= 4 is 23.4 Å². The molecule has 7 nitrogen and oxygen atoms in total. The van der Waals surface area contributed by atoms with Crippen molar-refractivity contribution in [1.82, 2.24) is 10.1 Å². The summed E-state index contributed by atoms with van der Waals surface area (Å²) in [4.78, 5) is 16.7. The van der Waals surface area contributed by atoms with Gasteiger partial charge in [0.1, 0.15) is 11.5 Å². The third-order valence-electron chi connectivity index (χ3n) is 3.98. The summed E-state index contributed by atoms with van der Waals surface area (Å²) in [5.74, 6) is 2.76. The molecule has 28 heavy (non-hydrogen) atoms. The van der Waals surface area contributed by atoms with Gasteiger partial charge in [-0.3, -0.25) is 4.79 Å². The molecular weight excluding hydrogens is 378 g/mol. The Kier molecular flexibility index (Phi) is 6.54. The van der Waals surface area contributed by atoms with E-state index in [-0.39, 0.29) is 11.2 Å². The molecule has 0 aliphatic carbocycles. The molecule has 1 atom stereocenters. The lowest BCUT2D eigenvalue weighted by Crippen LogP contribution is -2.22. The second-order valence-electron chi connectivity index (χ2n) is 5.91. The molecule has 0 radical (unpaired) electrons. The number of ether oxygens (including phenoxy) is 2. The second kappa shape index (κ2) is 9.27. The zero-order valence-corrected chi connectivity index (χ0v) is 16.7. The van der Waals surface area contributed by atoms with Crippen molar-refractivity contribution in [2.75, 3.05) is 19.5 Å². The van der Waals surface area contributed by atoms with Gasteiger partial charge in [-0.15, -0.1) is 11.8 Å². The summed E-state index contributed by atoms with van der Waals surface area (Å²) in [5, 5.41) is 6.60. The van der Waals surface area contributed by atoms with Gasteiger partial charge in [0.05, 0.1) is 25.2 Å². The Labute approximate surface area is 167 Å². The summed E-state index contributed by atoms with van der Waals surface area (Å²) in [6, 6.07) is 14.6. The molecule has 0 spiro atoms. The number of benzene rings is 2. The standard InChI is InChI=1S/C20H21N3O4S/c1-13(20(24)21-15-7-9-16(25-2)10-8-15)28-12-18-22-19(23-27-18)14-5-4-6-17(11-14)26-3/h4-11,13H,12H2,1-3H3,(H,21,24). The van der Waals surface area contributed by atoms with Crippen LogP contribution in [-0.4, -0.2) is 35.5 Å². The summed E-state index contributed by atoms with van der Waals surface area (Å²) < 4.78 is 15.6. The maximum atomic E-state index is 12.3. The van der Waals surface area contributed by atoms with E-state index in [1.165, 1.54) is 11.8 Å². The third kappa shape index (κ3) is 5.04. The molecule has 0 bridgehead atoms. The molecule has 0 aliphatic rings.